The number of imidazole rings is 1. The highest BCUT2D eigenvalue weighted by Gasteiger charge is 2.03. The lowest BCUT2D eigenvalue weighted by atomic mass is 10.2. The van der Waals surface area contributed by atoms with Crippen molar-refractivity contribution in [2.45, 2.75) is 26.3 Å². The van der Waals surface area contributed by atoms with Gasteiger partial charge >= 0.3 is 0 Å². The predicted molar refractivity (Wildman–Crippen MR) is 76.3 cm³/mol. The molecule has 2 aromatic rings. The summed E-state index contributed by atoms with van der Waals surface area (Å²) in [6.07, 6.45) is 4.54. The smallest absolute Gasteiger partial charge is 0.220 e. The van der Waals surface area contributed by atoms with Crippen LogP contribution in [0.3, 0.4) is 0 Å². The zero-order valence-electron chi connectivity index (χ0n) is 11.6. The second-order valence-corrected chi connectivity index (χ2v) is 4.53. The number of carbonyl (C=O) groups excluding carboxylic acids is 1. The van der Waals surface area contributed by atoms with Gasteiger partial charge in [-0.2, -0.15) is 0 Å². The molecule has 5 heteroatoms. The molecule has 1 aromatic carbocycles. The van der Waals surface area contributed by atoms with Crippen molar-refractivity contribution in [3.63, 3.8) is 0 Å². The summed E-state index contributed by atoms with van der Waals surface area (Å²) in [6, 6.07) is 7.86. The summed E-state index contributed by atoms with van der Waals surface area (Å²) >= 11 is 0. The number of H-pyrrole nitrogens is 1. The monoisotopic (exact) mass is 273 g/mol. The van der Waals surface area contributed by atoms with Crippen LogP contribution in [0.1, 0.15) is 24.2 Å². The fourth-order valence-corrected chi connectivity index (χ4v) is 1.80. The number of aromatic amines is 1. The van der Waals surface area contributed by atoms with E-state index in [0.29, 0.717) is 26.0 Å². The van der Waals surface area contributed by atoms with E-state index in [2.05, 4.69) is 15.3 Å². The highest BCUT2D eigenvalue weighted by atomic mass is 16.5. The summed E-state index contributed by atoms with van der Waals surface area (Å²) < 4.78 is 5.64. The van der Waals surface area contributed by atoms with Crippen LogP contribution < -0.4 is 10.1 Å². The summed E-state index contributed by atoms with van der Waals surface area (Å²) in [6.45, 7) is 2.98. The molecule has 0 spiro atoms. The van der Waals surface area contributed by atoms with Gasteiger partial charge in [0, 0.05) is 18.8 Å². The molecule has 1 aromatic heterocycles. The van der Waals surface area contributed by atoms with E-state index in [1.54, 1.807) is 12.4 Å². The second-order valence-electron chi connectivity index (χ2n) is 4.53. The van der Waals surface area contributed by atoms with Gasteiger partial charge in [-0.3, -0.25) is 4.79 Å². The van der Waals surface area contributed by atoms with Gasteiger partial charge in [0.25, 0.3) is 0 Å². The Kier molecular flexibility index (Phi) is 5.17. The molecule has 0 saturated heterocycles. The lowest BCUT2D eigenvalue weighted by Crippen LogP contribution is -2.23. The van der Waals surface area contributed by atoms with E-state index >= 15 is 0 Å². The van der Waals surface area contributed by atoms with Crippen LogP contribution in [0.2, 0.25) is 0 Å². The molecule has 0 aliphatic rings. The normalized spacial score (nSPS) is 10.2. The molecule has 0 bridgehead atoms. The molecule has 20 heavy (non-hydrogen) atoms. The van der Waals surface area contributed by atoms with Crippen LogP contribution in [0, 0.1) is 6.92 Å². The van der Waals surface area contributed by atoms with Gasteiger partial charge in [-0.25, -0.2) is 4.98 Å². The average Bonchev–Trinajstić information content (AvgIpc) is 2.96. The number of ether oxygens (including phenoxy) is 1. The van der Waals surface area contributed by atoms with E-state index in [4.69, 9.17) is 4.74 Å². The van der Waals surface area contributed by atoms with Crippen molar-refractivity contribution >= 4 is 5.91 Å². The van der Waals surface area contributed by atoms with E-state index in [9.17, 15) is 4.79 Å². The number of nitrogens with one attached hydrogen (secondary N) is 2. The van der Waals surface area contributed by atoms with Crippen LogP contribution >= 0.6 is 0 Å². The van der Waals surface area contributed by atoms with Gasteiger partial charge in [0.05, 0.1) is 13.2 Å². The predicted octanol–water partition coefficient (Wildman–Crippen LogP) is 2.19. The minimum Gasteiger partial charge on any atom is -0.493 e. The zero-order valence-corrected chi connectivity index (χ0v) is 11.6. The number of amides is 1. The van der Waals surface area contributed by atoms with Crippen molar-refractivity contribution in [3.05, 3.63) is 48.0 Å². The first kappa shape index (κ1) is 14.1. The minimum atomic E-state index is 0.00906. The molecular weight excluding hydrogens is 254 g/mol. The summed E-state index contributed by atoms with van der Waals surface area (Å²) in [7, 11) is 0. The Bertz CT molecular complexity index is 538. The standard InChI is InChI=1S/C15H19N3O2/c1-12-5-2-3-6-13(12)20-10-4-7-15(19)18-11-14-16-8-9-17-14/h2-3,5-6,8-9H,4,7,10-11H2,1H3,(H,16,17)(H,18,19). The molecule has 0 radical (unpaired) electrons. The molecule has 0 atom stereocenters. The van der Waals surface area contributed by atoms with E-state index in [-0.39, 0.29) is 5.91 Å². The number of benzene rings is 1. The number of para-hydroxylation sites is 1. The van der Waals surface area contributed by atoms with Crippen LogP contribution in [-0.2, 0) is 11.3 Å². The van der Waals surface area contributed by atoms with E-state index in [0.717, 1.165) is 17.1 Å². The van der Waals surface area contributed by atoms with Crippen LogP contribution in [0.4, 0.5) is 0 Å². The topological polar surface area (TPSA) is 67.0 Å². The third-order valence-electron chi connectivity index (χ3n) is 2.91. The first-order chi connectivity index (χ1) is 9.75. The van der Waals surface area contributed by atoms with Crippen molar-refractivity contribution in [2.75, 3.05) is 6.61 Å². The fourth-order valence-electron chi connectivity index (χ4n) is 1.80. The SMILES string of the molecule is Cc1ccccc1OCCCC(=O)NCc1ncc[nH]1. The maximum Gasteiger partial charge on any atom is 0.220 e. The lowest BCUT2D eigenvalue weighted by molar-refractivity contribution is -0.121. The van der Waals surface area contributed by atoms with Crippen molar-refractivity contribution in [1.29, 1.82) is 0 Å². The first-order valence-electron chi connectivity index (χ1n) is 6.69. The van der Waals surface area contributed by atoms with Crippen molar-refractivity contribution in [1.82, 2.24) is 15.3 Å². The Hall–Kier alpha value is -2.30. The molecule has 0 unspecified atom stereocenters. The van der Waals surface area contributed by atoms with Crippen LogP contribution in [0.15, 0.2) is 36.7 Å². The summed E-state index contributed by atoms with van der Waals surface area (Å²) in [4.78, 5) is 18.6. The van der Waals surface area contributed by atoms with Gasteiger partial charge in [-0.1, -0.05) is 18.2 Å². The molecule has 0 aliphatic heterocycles. The van der Waals surface area contributed by atoms with E-state index < -0.39 is 0 Å². The molecule has 5 nitrogen and oxygen atoms in total. The van der Waals surface area contributed by atoms with Crippen molar-refractivity contribution < 1.29 is 9.53 Å². The quantitative estimate of drug-likeness (QED) is 0.760. The van der Waals surface area contributed by atoms with Gasteiger partial charge in [-0.05, 0) is 25.0 Å². The Balaban J connectivity index is 1.61. The third-order valence-corrected chi connectivity index (χ3v) is 2.91. The van der Waals surface area contributed by atoms with Gasteiger partial charge in [0.2, 0.25) is 5.91 Å². The van der Waals surface area contributed by atoms with Crippen LogP contribution in [0.25, 0.3) is 0 Å². The zero-order chi connectivity index (χ0) is 14.2. The van der Waals surface area contributed by atoms with Crippen molar-refractivity contribution in [3.8, 4) is 5.75 Å². The third kappa shape index (κ3) is 4.42. The van der Waals surface area contributed by atoms with Gasteiger partial charge in [0.15, 0.2) is 0 Å². The van der Waals surface area contributed by atoms with E-state index in [1.165, 1.54) is 0 Å². The molecule has 1 heterocycles. The number of rotatable bonds is 7. The maximum absolute atomic E-state index is 11.6. The number of aromatic nitrogens is 2. The Morgan fingerprint density at radius 3 is 3.00 bits per heavy atom. The Morgan fingerprint density at radius 2 is 2.25 bits per heavy atom. The summed E-state index contributed by atoms with van der Waals surface area (Å²) in [5.74, 6) is 1.65. The molecule has 0 aliphatic carbocycles. The number of hydrogen-bond acceptors (Lipinski definition) is 3. The maximum atomic E-state index is 11.6. The largest absolute Gasteiger partial charge is 0.493 e. The van der Waals surface area contributed by atoms with E-state index in [1.807, 2.05) is 31.2 Å². The van der Waals surface area contributed by atoms with Gasteiger partial charge in [-0.15, -0.1) is 0 Å². The van der Waals surface area contributed by atoms with Crippen LogP contribution in [0.5, 0.6) is 5.75 Å². The van der Waals surface area contributed by atoms with Crippen LogP contribution in [-0.4, -0.2) is 22.5 Å². The number of hydrogen-bond donors (Lipinski definition) is 2. The Morgan fingerprint density at radius 1 is 1.40 bits per heavy atom. The number of carbonyl (C=O) groups is 1. The number of nitrogens with zero attached hydrogens (tertiary/aromatic N) is 1. The highest BCUT2D eigenvalue weighted by Crippen LogP contribution is 2.16. The molecule has 106 valence electrons. The second kappa shape index (κ2) is 7.33. The fraction of sp³-hybridized carbons (Fsp3) is 0.333. The molecule has 2 rings (SSSR count). The summed E-state index contributed by atoms with van der Waals surface area (Å²) in [5, 5.41) is 2.81. The molecule has 0 fully saturated rings. The van der Waals surface area contributed by atoms with Crippen molar-refractivity contribution in [2.24, 2.45) is 0 Å². The van der Waals surface area contributed by atoms with Gasteiger partial charge in [0.1, 0.15) is 11.6 Å². The number of aryl methyl sites for hydroxylation is 1. The summed E-state index contributed by atoms with van der Waals surface area (Å²) in [5.41, 5.74) is 1.11. The minimum absolute atomic E-state index is 0.00906. The Labute approximate surface area is 118 Å². The lowest BCUT2D eigenvalue weighted by Gasteiger charge is -2.08. The molecule has 0 saturated carbocycles. The molecular formula is C15H19N3O2. The highest BCUT2D eigenvalue weighted by molar-refractivity contribution is 5.75. The first-order valence-corrected chi connectivity index (χ1v) is 6.69. The average molecular weight is 273 g/mol. The molecule has 1 amide bonds. The molecule has 2 N–H and O–H groups in total. The van der Waals surface area contributed by atoms with Gasteiger partial charge < -0.3 is 15.0 Å².